The first-order valence-electron chi connectivity index (χ1n) is 11.2. The highest BCUT2D eigenvalue weighted by molar-refractivity contribution is 5.75. The second-order valence-electron chi connectivity index (χ2n) is 9.03. The molecule has 0 aliphatic carbocycles. The van der Waals surface area contributed by atoms with E-state index in [1.54, 1.807) is 0 Å². The molecular formula is C23H36N4O. The van der Waals surface area contributed by atoms with Gasteiger partial charge in [0.2, 0.25) is 0 Å². The fourth-order valence-electron chi connectivity index (χ4n) is 5.03. The summed E-state index contributed by atoms with van der Waals surface area (Å²) in [6.07, 6.45) is 6.35. The lowest BCUT2D eigenvalue weighted by Gasteiger charge is -2.49. The fourth-order valence-corrected chi connectivity index (χ4v) is 5.03. The van der Waals surface area contributed by atoms with Crippen molar-refractivity contribution in [1.29, 1.82) is 0 Å². The first kappa shape index (κ1) is 19.7. The number of carbonyl (C=O) groups excluding carboxylic acids is 1. The molecule has 154 valence electrons. The third-order valence-corrected chi connectivity index (χ3v) is 6.97. The number of rotatable bonds is 5. The molecule has 0 spiro atoms. The highest BCUT2D eigenvalue weighted by atomic mass is 16.2. The normalized spacial score (nSPS) is 25.5. The Morgan fingerprint density at radius 1 is 1.04 bits per heavy atom. The summed E-state index contributed by atoms with van der Waals surface area (Å²) in [5.41, 5.74) is 1.39. The van der Waals surface area contributed by atoms with Crippen LogP contribution in [0.5, 0.6) is 0 Å². The van der Waals surface area contributed by atoms with Crippen molar-refractivity contribution in [3.05, 3.63) is 35.9 Å². The Balaban J connectivity index is 1.12. The number of urea groups is 1. The smallest absolute Gasteiger partial charge is 0.317 e. The number of piperidine rings is 2. The Kier molecular flexibility index (Phi) is 6.53. The van der Waals surface area contributed by atoms with Gasteiger partial charge in [-0.05, 0) is 63.7 Å². The van der Waals surface area contributed by atoms with Crippen LogP contribution in [0.1, 0.15) is 44.6 Å². The van der Waals surface area contributed by atoms with Crippen molar-refractivity contribution in [1.82, 2.24) is 20.0 Å². The van der Waals surface area contributed by atoms with Crippen LogP contribution in [-0.4, -0.2) is 72.1 Å². The van der Waals surface area contributed by atoms with Gasteiger partial charge in [-0.2, -0.15) is 0 Å². The van der Waals surface area contributed by atoms with Crippen LogP contribution in [0.2, 0.25) is 0 Å². The summed E-state index contributed by atoms with van der Waals surface area (Å²) in [6, 6.07) is 12.1. The van der Waals surface area contributed by atoms with Crippen molar-refractivity contribution in [2.75, 3.05) is 39.3 Å². The third-order valence-electron chi connectivity index (χ3n) is 6.97. The van der Waals surface area contributed by atoms with Gasteiger partial charge in [-0.1, -0.05) is 36.8 Å². The quantitative estimate of drug-likeness (QED) is 0.848. The van der Waals surface area contributed by atoms with E-state index in [1.165, 1.54) is 44.2 Å². The molecule has 1 unspecified atom stereocenters. The predicted octanol–water partition coefficient (Wildman–Crippen LogP) is 3.17. The Morgan fingerprint density at radius 2 is 1.79 bits per heavy atom. The number of carbonyl (C=O) groups is 1. The van der Waals surface area contributed by atoms with Gasteiger partial charge in [0.25, 0.3) is 0 Å². The molecule has 1 aromatic carbocycles. The molecule has 0 radical (unpaired) electrons. The highest BCUT2D eigenvalue weighted by Gasteiger charge is 2.37. The zero-order valence-electron chi connectivity index (χ0n) is 17.4. The Labute approximate surface area is 170 Å². The van der Waals surface area contributed by atoms with Crippen molar-refractivity contribution in [3.63, 3.8) is 0 Å². The van der Waals surface area contributed by atoms with E-state index < -0.39 is 0 Å². The van der Waals surface area contributed by atoms with Crippen LogP contribution in [0.25, 0.3) is 0 Å². The largest absolute Gasteiger partial charge is 0.338 e. The van der Waals surface area contributed by atoms with Gasteiger partial charge in [0.1, 0.15) is 0 Å². The van der Waals surface area contributed by atoms with E-state index >= 15 is 0 Å². The summed E-state index contributed by atoms with van der Waals surface area (Å²) in [4.78, 5) is 19.6. The van der Waals surface area contributed by atoms with E-state index in [0.717, 1.165) is 39.3 Å². The van der Waals surface area contributed by atoms with Gasteiger partial charge < -0.3 is 10.2 Å². The summed E-state index contributed by atoms with van der Waals surface area (Å²) >= 11 is 0. The molecule has 3 heterocycles. The number of benzene rings is 1. The van der Waals surface area contributed by atoms with Crippen molar-refractivity contribution in [2.45, 2.75) is 57.7 Å². The van der Waals surface area contributed by atoms with E-state index in [9.17, 15) is 4.79 Å². The molecule has 5 heteroatoms. The van der Waals surface area contributed by atoms with Gasteiger partial charge in [-0.3, -0.25) is 9.80 Å². The third kappa shape index (κ3) is 4.87. The van der Waals surface area contributed by atoms with E-state index in [-0.39, 0.29) is 6.03 Å². The van der Waals surface area contributed by atoms with Crippen LogP contribution in [-0.2, 0) is 6.54 Å². The molecule has 2 amide bonds. The van der Waals surface area contributed by atoms with E-state index in [4.69, 9.17) is 0 Å². The van der Waals surface area contributed by atoms with Gasteiger partial charge in [0, 0.05) is 38.3 Å². The van der Waals surface area contributed by atoms with E-state index in [0.29, 0.717) is 18.0 Å². The molecule has 28 heavy (non-hydrogen) atoms. The fraction of sp³-hybridized carbons (Fsp3) is 0.696. The second kappa shape index (κ2) is 9.27. The zero-order chi connectivity index (χ0) is 19.3. The van der Waals surface area contributed by atoms with Crippen molar-refractivity contribution in [2.24, 2.45) is 5.92 Å². The minimum absolute atomic E-state index is 0.146. The molecule has 1 N–H and O–H groups in total. The molecule has 0 aromatic heterocycles. The SMILES string of the molecule is CC1CCCCN1C1CN(C(=O)NCC2CCN(Cc3ccccc3)CC2)C1. The maximum Gasteiger partial charge on any atom is 0.317 e. The lowest BCUT2D eigenvalue weighted by molar-refractivity contribution is 0.0166. The van der Waals surface area contributed by atoms with Gasteiger partial charge in [-0.25, -0.2) is 4.79 Å². The van der Waals surface area contributed by atoms with Gasteiger partial charge in [0.15, 0.2) is 0 Å². The van der Waals surface area contributed by atoms with Crippen LogP contribution in [0.3, 0.4) is 0 Å². The van der Waals surface area contributed by atoms with Crippen LogP contribution in [0.4, 0.5) is 4.79 Å². The van der Waals surface area contributed by atoms with Gasteiger partial charge in [-0.15, -0.1) is 0 Å². The molecule has 0 saturated carbocycles. The first-order chi connectivity index (χ1) is 13.7. The number of hydrogen-bond acceptors (Lipinski definition) is 3. The topological polar surface area (TPSA) is 38.8 Å². The molecule has 3 aliphatic rings. The molecule has 3 aliphatic heterocycles. The van der Waals surface area contributed by atoms with E-state index in [2.05, 4.69) is 52.4 Å². The Morgan fingerprint density at radius 3 is 2.50 bits per heavy atom. The van der Waals surface area contributed by atoms with Gasteiger partial charge >= 0.3 is 6.03 Å². The average molecular weight is 385 g/mol. The summed E-state index contributed by atoms with van der Waals surface area (Å²) in [5.74, 6) is 0.621. The zero-order valence-corrected chi connectivity index (χ0v) is 17.4. The maximum atomic E-state index is 12.5. The first-order valence-corrected chi connectivity index (χ1v) is 11.2. The van der Waals surface area contributed by atoms with E-state index in [1.807, 2.05) is 4.90 Å². The van der Waals surface area contributed by atoms with Crippen LogP contribution in [0.15, 0.2) is 30.3 Å². The minimum Gasteiger partial charge on any atom is -0.338 e. The highest BCUT2D eigenvalue weighted by Crippen LogP contribution is 2.24. The lowest BCUT2D eigenvalue weighted by Crippen LogP contribution is -2.65. The van der Waals surface area contributed by atoms with Crippen molar-refractivity contribution >= 4 is 6.03 Å². The standard InChI is InChI=1S/C23H36N4O/c1-19-7-5-6-12-27(19)22-17-26(18-22)23(28)24-15-20-10-13-25(14-11-20)16-21-8-3-2-4-9-21/h2-4,8-9,19-20,22H,5-7,10-18H2,1H3,(H,24,28). The van der Waals surface area contributed by atoms with Crippen LogP contribution >= 0.6 is 0 Å². The molecule has 3 fully saturated rings. The average Bonchev–Trinajstić information content (AvgIpc) is 2.68. The molecule has 0 bridgehead atoms. The lowest BCUT2D eigenvalue weighted by atomic mass is 9.96. The summed E-state index contributed by atoms with van der Waals surface area (Å²) in [6.45, 7) is 9.51. The monoisotopic (exact) mass is 384 g/mol. The number of amides is 2. The Hall–Kier alpha value is -1.59. The number of likely N-dealkylation sites (tertiary alicyclic amines) is 3. The predicted molar refractivity (Wildman–Crippen MR) is 113 cm³/mol. The van der Waals surface area contributed by atoms with Crippen molar-refractivity contribution in [3.8, 4) is 0 Å². The molecular weight excluding hydrogens is 348 g/mol. The number of nitrogens with zero attached hydrogens (tertiary/aromatic N) is 3. The van der Waals surface area contributed by atoms with Gasteiger partial charge in [0.05, 0.1) is 0 Å². The molecule has 3 saturated heterocycles. The van der Waals surface area contributed by atoms with Crippen LogP contribution < -0.4 is 5.32 Å². The summed E-state index contributed by atoms with van der Waals surface area (Å²) in [5, 5.41) is 3.20. The summed E-state index contributed by atoms with van der Waals surface area (Å²) in [7, 11) is 0. The molecule has 4 rings (SSSR count). The molecule has 1 atom stereocenters. The number of nitrogens with one attached hydrogen (secondary N) is 1. The van der Waals surface area contributed by atoms with Crippen LogP contribution in [0, 0.1) is 5.92 Å². The second-order valence-corrected chi connectivity index (χ2v) is 9.03. The molecule has 5 nitrogen and oxygen atoms in total. The van der Waals surface area contributed by atoms with Crippen molar-refractivity contribution < 1.29 is 4.79 Å². The minimum atomic E-state index is 0.146. The maximum absolute atomic E-state index is 12.5. The summed E-state index contributed by atoms with van der Waals surface area (Å²) < 4.78 is 0. The molecule has 1 aromatic rings. The number of hydrogen-bond donors (Lipinski definition) is 1. The Bertz CT molecular complexity index is 623.